The van der Waals surface area contributed by atoms with Crippen molar-refractivity contribution in [2.45, 2.75) is 39.2 Å². The second-order valence-corrected chi connectivity index (χ2v) is 7.66. The lowest BCUT2D eigenvalue weighted by atomic mass is 9.86. The van der Waals surface area contributed by atoms with Gasteiger partial charge in [-0.1, -0.05) is 61.0 Å². The van der Waals surface area contributed by atoms with Crippen LogP contribution in [0.3, 0.4) is 0 Å². The zero-order chi connectivity index (χ0) is 17.9. The fourth-order valence-electron chi connectivity index (χ4n) is 2.24. The van der Waals surface area contributed by atoms with Gasteiger partial charge in [0, 0.05) is 10.0 Å². The zero-order valence-electron chi connectivity index (χ0n) is 14.3. The van der Waals surface area contributed by atoms with Crippen LogP contribution < -0.4 is 0 Å². The molecule has 126 valence electrons. The van der Waals surface area contributed by atoms with Crippen molar-refractivity contribution in [3.63, 3.8) is 0 Å². The van der Waals surface area contributed by atoms with Crippen LogP contribution in [0.25, 0.3) is 0 Å². The van der Waals surface area contributed by atoms with Crippen molar-refractivity contribution >= 4 is 27.7 Å². The number of ether oxygens (including phenoxy) is 1. The van der Waals surface area contributed by atoms with Gasteiger partial charge >= 0.3 is 5.97 Å². The van der Waals surface area contributed by atoms with E-state index in [9.17, 15) is 9.59 Å². The van der Waals surface area contributed by atoms with Crippen LogP contribution in [0.1, 0.15) is 54.0 Å². The Labute approximate surface area is 151 Å². The minimum Gasteiger partial charge on any atom is -0.451 e. The standard InChI is InChI=1S/C20H21BrO3/c1-13(24-19(23)15-7-11-17(21)12-8-15)18(22)14-5-9-16(10-6-14)20(2,3)4/h5-13H,1-4H3/t13-/m1/s1. The van der Waals surface area contributed by atoms with Gasteiger partial charge in [0.2, 0.25) is 5.78 Å². The molecule has 0 N–H and O–H groups in total. The second-order valence-electron chi connectivity index (χ2n) is 6.75. The number of halogens is 1. The highest BCUT2D eigenvalue weighted by Gasteiger charge is 2.21. The van der Waals surface area contributed by atoms with E-state index in [0.717, 1.165) is 10.0 Å². The first-order valence-corrected chi connectivity index (χ1v) is 8.59. The minimum absolute atomic E-state index is 0.0290. The van der Waals surface area contributed by atoms with Gasteiger partial charge < -0.3 is 4.74 Å². The van der Waals surface area contributed by atoms with Crippen LogP contribution in [0.4, 0.5) is 0 Å². The lowest BCUT2D eigenvalue weighted by Crippen LogP contribution is -2.24. The van der Waals surface area contributed by atoms with Crippen molar-refractivity contribution < 1.29 is 14.3 Å². The highest BCUT2D eigenvalue weighted by Crippen LogP contribution is 2.22. The predicted molar refractivity (Wildman–Crippen MR) is 98.5 cm³/mol. The maximum atomic E-state index is 12.4. The average Bonchev–Trinajstić information content (AvgIpc) is 2.54. The van der Waals surface area contributed by atoms with Crippen molar-refractivity contribution in [3.05, 3.63) is 69.7 Å². The second kappa shape index (κ2) is 7.31. The topological polar surface area (TPSA) is 43.4 Å². The molecule has 2 rings (SSSR count). The molecular weight excluding hydrogens is 368 g/mol. The van der Waals surface area contributed by atoms with Crippen LogP contribution in [0.5, 0.6) is 0 Å². The Morgan fingerprint density at radius 2 is 1.42 bits per heavy atom. The van der Waals surface area contributed by atoms with Crippen LogP contribution >= 0.6 is 15.9 Å². The number of hydrogen-bond donors (Lipinski definition) is 0. The molecule has 0 aliphatic heterocycles. The third-order valence-corrected chi connectivity index (χ3v) is 4.30. The monoisotopic (exact) mass is 388 g/mol. The molecule has 0 bridgehead atoms. The van der Waals surface area contributed by atoms with E-state index in [-0.39, 0.29) is 11.2 Å². The Morgan fingerprint density at radius 1 is 0.917 bits per heavy atom. The van der Waals surface area contributed by atoms with Crippen molar-refractivity contribution in [2.24, 2.45) is 0 Å². The molecule has 0 fully saturated rings. The third-order valence-electron chi connectivity index (χ3n) is 3.77. The molecule has 0 heterocycles. The smallest absolute Gasteiger partial charge is 0.338 e. The fourth-order valence-corrected chi connectivity index (χ4v) is 2.50. The van der Waals surface area contributed by atoms with Crippen molar-refractivity contribution in [3.8, 4) is 0 Å². The first-order chi connectivity index (χ1) is 11.2. The number of hydrogen-bond acceptors (Lipinski definition) is 3. The molecule has 2 aromatic rings. The van der Waals surface area contributed by atoms with Gasteiger partial charge in [0.25, 0.3) is 0 Å². The van der Waals surface area contributed by atoms with Gasteiger partial charge in [0.15, 0.2) is 6.10 Å². The fraction of sp³-hybridized carbons (Fsp3) is 0.300. The Bertz CT molecular complexity index is 725. The van der Waals surface area contributed by atoms with E-state index in [2.05, 4.69) is 36.7 Å². The lowest BCUT2D eigenvalue weighted by Gasteiger charge is -2.19. The summed E-state index contributed by atoms with van der Waals surface area (Å²) in [5.74, 6) is -0.712. The van der Waals surface area contributed by atoms with E-state index >= 15 is 0 Å². The summed E-state index contributed by atoms with van der Waals surface area (Å²) in [4.78, 5) is 24.5. The lowest BCUT2D eigenvalue weighted by molar-refractivity contribution is 0.0319. The molecule has 0 unspecified atom stereocenters. The first kappa shape index (κ1) is 18.4. The summed E-state index contributed by atoms with van der Waals surface area (Å²) in [6.45, 7) is 7.95. The van der Waals surface area contributed by atoms with Crippen molar-refractivity contribution in [2.75, 3.05) is 0 Å². The summed E-state index contributed by atoms with van der Waals surface area (Å²) in [6, 6.07) is 14.3. The quantitative estimate of drug-likeness (QED) is 0.535. The van der Waals surface area contributed by atoms with Gasteiger partial charge in [0.05, 0.1) is 5.56 Å². The van der Waals surface area contributed by atoms with E-state index in [1.807, 2.05) is 12.1 Å². The highest BCUT2D eigenvalue weighted by atomic mass is 79.9. The molecule has 24 heavy (non-hydrogen) atoms. The molecule has 0 spiro atoms. The molecule has 0 saturated heterocycles. The van der Waals surface area contributed by atoms with Crippen LogP contribution in [0.15, 0.2) is 53.0 Å². The first-order valence-electron chi connectivity index (χ1n) is 7.80. The number of rotatable bonds is 4. The molecule has 0 aliphatic carbocycles. The molecule has 0 saturated carbocycles. The van der Waals surface area contributed by atoms with Crippen molar-refractivity contribution in [1.29, 1.82) is 0 Å². The predicted octanol–water partition coefficient (Wildman–Crippen LogP) is 5.17. The Hall–Kier alpha value is -1.94. The molecular formula is C20H21BrO3. The average molecular weight is 389 g/mol. The summed E-state index contributed by atoms with van der Waals surface area (Å²) in [5, 5.41) is 0. The number of carbonyl (C=O) groups is 2. The maximum absolute atomic E-state index is 12.4. The van der Waals surface area contributed by atoms with Gasteiger partial charge in [-0.05, 0) is 42.2 Å². The van der Waals surface area contributed by atoms with E-state index in [0.29, 0.717) is 11.1 Å². The third kappa shape index (κ3) is 4.54. The van der Waals surface area contributed by atoms with Gasteiger partial charge in [-0.3, -0.25) is 4.79 Å². The minimum atomic E-state index is -0.832. The van der Waals surface area contributed by atoms with E-state index in [1.54, 1.807) is 43.3 Å². The largest absolute Gasteiger partial charge is 0.451 e. The molecule has 2 aromatic carbocycles. The number of carbonyl (C=O) groups excluding carboxylic acids is 2. The molecule has 0 aromatic heterocycles. The SMILES string of the molecule is C[C@@H](OC(=O)c1ccc(Br)cc1)C(=O)c1ccc(C(C)(C)C)cc1. The summed E-state index contributed by atoms with van der Waals surface area (Å²) in [5.41, 5.74) is 2.14. The van der Waals surface area contributed by atoms with Crippen LogP contribution in [-0.2, 0) is 10.2 Å². The Morgan fingerprint density at radius 3 is 1.92 bits per heavy atom. The molecule has 1 atom stereocenters. The van der Waals surface area contributed by atoms with Gasteiger partial charge in [0.1, 0.15) is 0 Å². The summed E-state index contributed by atoms with van der Waals surface area (Å²) >= 11 is 3.31. The molecule has 0 aliphatic rings. The summed E-state index contributed by atoms with van der Waals surface area (Å²) in [6.07, 6.45) is -0.832. The van der Waals surface area contributed by atoms with Crippen LogP contribution in [0.2, 0.25) is 0 Å². The zero-order valence-corrected chi connectivity index (χ0v) is 15.9. The number of Topliss-reactive ketones (excluding diaryl/α,β-unsaturated/α-hetero) is 1. The maximum Gasteiger partial charge on any atom is 0.338 e. The van der Waals surface area contributed by atoms with Gasteiger partial charge in [-0.2, -0.15) is 0 Å². The molecule has 0 amide bonds. The Kier molecular flexibility index (Phi) is 5.60. The molecule has 3 nitrogen and oxygen atoms in total. The number of esters is 1. The van der Waals surface area contributed by atoms with E-state index in [1.165, 1.54) is 0 Å². The summed E-state index contributed by atoms with van der Waals surface area (Å²) < 4.78 is 6.16. The van der Waals surface area contributed by atoms with Gasteiger partial charge in [-0.25, -0.2) is 4.79 Å². The normalized spacial score (nSPS) is 12.5. The van der Waals surface area contributed by atoms with Gasteiger partial charge in [-0.15, -0.1) is 0 Å². The van der Waals surface area contributed by atoms with E-state index < -0.39 is 12.1 Å². The van der Waals surface area contributed by atoms with Crippen LogP contribution in [0, 0.1) is 0 Å². The highest BCUT2D eigenvalue weighted by molar-refractivity contribution is 9.10. The summed E-state index contributed by atoms with van der Waals surface area (Å²) in [7, 11) is 0. The molecule has 0 radical (unpaired) electrons. The number of ketones is 1. The van der Waals surface area contributed by atoms with Crippen LogP contribution in [-0.4, -0.2) is 17.9 Å². The van der Waals surface area contributed by atoms with E-state index in [4.69, 9.17) is 4.74 Å². The van der Waals surface area contributed by atoms with Crippen molar-refractivity contribution in [1.82, 2.24) is 0 Å². The Balaban J connectivity index is 2.06. The molecule has 4 heteroatoms. The number of benzene rings is 2.